The van der Waals surface area contributed by atoms with Gasteiger partial charge in [-0.05, 0) is 30.5 Å². The normalized spacial score (nSPS) is 19.5. The average Bonchev–Trinajstić information content (AvgIpc) is 2.86. The van der Waals surface area contributed by atoms with E-state index in [0.717, 1.165) is 6.42 Å². The van der Waals surface area contributed by atoms with E-state index < -0.39 is 17.9 Å². The molecular formula is C15H18FNO4. The van der Waals surface area contributed by atoms with Crippen molar-refractivity contribution in [2.45, 2.75) is 37.8 Å². The number of halogens is 1. The number of rotatable bonds is 5. The fraction of sp³-hybridized carbons (Fsp3) is 0.467. The number of carboxylic acids is 1. The van der Waals surface area contributed by atoms with Crippen LogP contribution in [0.5, 0.6) is 0 Å². The van der Waals surface area contributed by atoms with Crippen molar-refractivity contribution >= 4 is 11.9 Å². The first-order chi connectivity index (χ1) is 9.97. The van der Waals surface area contributed by atoms with Crippen LogP contribution in [0.25, 0.3) is 0 Å². The smallest absolute Gasteiger partial charge is 0.305 e. The van der Waals surface area contributed by atoms with Crippen LogP contribution in [0.15, 0.2) is 24.3 Å². The third-order valence-corrected chi connectivity index (χ3v) is 3.71. The number of carbonyl (C=O) groups is 2. The summed E-state index contributed by atoms with van der Waals surface area (Å²) in [5.41, 5.74) is 0.345. The van der Waals surface area contributed by atoms with Crippen molar-refractivity contribution in [1.29, 1.82) is 0 Å². The van der Waals surface area contributed by atoms with Crippen molar-refractivity contribution < 1.29 is 24.2 Å². The molecule has 1 fully saturated rings. The van der Waals surface area contributed by atoms with E-state index in [2.05, 4.69) is 0 Å². The molecule has 1 aliphatic heterocycles. The Hall–Kier alpha value is -1.95. The van der Waals surface area contributed by atoms with Gasteiger partial charge in [0.1, 0.15) is 5.82 Å². The predicted octanol–water partition coefficient (Wildman–Crippen LogP) is 1.71. The third kappa shape index (κ3) is 4.01. The van der Waals surface area contributed by atoms with Crippen LogP contribution in [0.4, 0.5) is 4.39 Å². The van der Waals surface area contributed by atoms with Gasteiger partial charge in [-0.15, -0.1) is 0 Å². The Bertz CT molecular complexity index is 534. The number of carboxylic acid groups (broad SMARTS) is 1. The highest BCUT2D eigenvalue weighted by molar-refractivity contribution is 5.78. The van der Waals surface area contributed by atoms with Crippen LogP contribution in [0.1, 0.15) is 37.4 Å². The van der Waals surface area contributed by atoms with E-state index in [1.54, 1.807) is 6.07 Å². The molecule has 2 atom stereocenters. The molecule has 1 saturated heterocycles. The number of aliphatic hydroxyl groups is 1. The quantitative estimate of drug-likeness (QED) is 0.867. The van der Waals surface area contributed by atoms with E-state index in [4.69, 9.17) is 5.11 Å². The lowest BCUT2D eigenvalue weighted by Gasteiger charge is -2.24. The van der Waals surface area contributed by atoms with E-state index >= 15 is 0 Å². The van der Waals surface area contributed by atoms with Gasteiger partial charge in [-0.1, -0.05) is 12.1 Å². The molecule has 0 spiro atoms. The minimum absolute atomic E-state index is 0.0815. The largest absolute Gasteiger partial charge is 0.481 e. The second-order valence-electron chi connectivity index (χ2n) is 5.26. The van der Waals surface area contributed by atoms with Crippen molar-refractivity contribution in [3.8, 4) is 0 Å². The molecule has 1 aliphatic rings. The highest BCUT2D eigenvalue weighted by Crippen LogP contribution is 2.24. The Morgan fingerprint density at radius 1 is 1.43 bits per heavy atom. The van der Waals surface area contributed by atoms with Crippen molar-refractivity contribution in [1.82, 2.24) is 4.90 Å². The summed E-state index contributed by atoms with van der Waals surface area (Å²) < 4.78 is 13.1. The molecular weight excluding hydrogens is 277 g/mol. The fourth-order valence-corrected chi connectivity index (χ4v) is 2.69. The van der Waals surface area contributed by atoms with Gasteiger partial charge < -0.3 is 15.1 Å². The molecule has 21 heavy (non-hydrogen) atoms. The lowest BCUT2D eigenvalue weighted by molar-refractivity contribution is -0.140. The van der Waals surface area contributed by atoms with Crippen LogP contribution in [0.2, 0.25) is 0 Å². The van der Waals surface area contributed by atoms with Gasteiger partial charge in [0, 0.05) is 12.6 Å². The zero-order chi connectivity index (χ0) is 15.4. The summed E-state index contributed by atoms with van der Waals surface area (Å²) in [6.45, 7) is 0.507. The number of likely N-dealkylation sites (tertiary alicyclic amines) is 1. The minimum atomic E-state index is -1.08. The number of hydrogen-bond donors (Lipinski definition) is 2. The van der Waals surface area contributed by atoms with Gasteiger partial charge in [-0.2, -0.15) is 0 Å². The van der Waals surface area contributed by atoms with E-state index in [9.17, 15) is 19.1 Å². The highest BCUT2D eigenvalue weighted by atomic mass is 19.1. The van der Waals surface area contributed by atoms with Crippen molar-refractivity contribution in [3.05, 3.63) is 35.6 Å². The van der Waals surface area contributed by atoms with Gasteiger partial charge in [-0.25, -0.2) is 4.39 Å². The first-order valence-corrected chi connectivity index (χ1v) is 6.92. The number of carbonyl (C=O) groups excluding carboxylic acids is 1. The molecule has 1 aromatic carbocycles. The zero-order valence-electron chi connectivity index (χ0n) is 11.5. The molecule has 0 saturated carbocycles. The van der Waals surface area contributed by atoms with Gasteiger partial charge in [0.2, 0.25) is 5.91 Å². The Balaban J connectivity index is 1.98. The van der Waals surface area contributed by atoms with Crippen LogP contribution in [-0.4, -0.2) is 39.6 Å². The predicted molar refractivity (Wildman–Crippen MR) is 73.0 cm³/mol. The van der Waals surface area contributed by atoms with Crippen LogP contribution in [0.3, 0.4) is 0 Å². The zero-order valence-corrected chi connectivity index (χ0v) is 11.5. The first kappa shape index (κ1) is 15.4. The van der Waals surface area contributed by atoms with E-state index in [1.165, 1.54) is 23.1 Å². The number of aliphatic hydroxyl groups excluding tert-OH is 1. The molecule has 2 N–H and O–H groups in total. The molecule has 114 valence electrons. The molecule has 0 aromatic heterocycles. The van der Waals surface area contributed by atoms with Crippen LogP contribution in [-0.2, 0) is 9.59 Å². The summed E-state index contributed by atoms with van der Waals surface area (Å²) >= 11 is 0. The topological polar surface area (TPSA) is 77.8 Å². The molecule has 0 radical (unpaired) electrons. The van der Waals surface area contributed by atoms with Crippen LogP contribution in [0, 0.1) is 5.82 Å². The molecule has 0 aliphatic carbocycles. The average molecular weight is 295 g/mol. The summed E-state index contributed by atoms with van der Waals surface area (Å²) in [5, 5.41) is 18.8. The summed E-state index contributed by atoms with van der Waals surface area (Å²) in [5.74, 6) is -1.70. The summed E-state index contributed by atoms with van der Waals surface area (Å²) in [6, 6.07) is 5.17. The van der Waals surface area contributed by atoms with Crippen LogP contribution >= 0.6 is 0 Å². The second kappa shape index (κ2) is 6.67. The van der Waals surface area contributed by atoms with Crippen molar-refractivity contribution in [2.75, 3.05) is 6.54 Å². The van der Waals surface area contributed by atoms with E-state index in [0.29, 0.717) is 18.5 Å². The molecule has 2 rings (SSSR count). The molecule has 5 nitrogen and oxygen atoms in total. The Morgan fingerprint density at radius 2 is 2.19 bits per heavy atom. The Morgan fingerprint density at radius 3 is 2.86 bits per heavy atom. The van der Waals surface area contributed by atoms with E-state index in [1.807, 2.05) is 0 Å². The lowest BCUT2D eigenvalue weighted by Crippen LogP contribution is -2.37. The minimum Gasteiger partial charge on any atom is -0.481 e. The molecule has 1 aromatic rings. The number of benzene rings is 1. The van der Waals surface area contributed by atoms with Crippen molar-refractivity contribution in [3.63, 3.8) is 0 Å². The van der Waals surface area contributed by atoms with E-state index in [-0.39, 0.29) is 24.8 Å². The maximum absolute atomic E-state index is 13.1. The lowest BCUT2D eigenvalue weighted by atomic mass is 10.1. The summed E-state index contributed by atoms with van der Waals surface area (Å²) in [7, 11) is 0. The van der Waals surface area contributed by atoms with Gasteiger partial charge in [0.15, 0.2) is 0 Å². The number of nitrogens with zero attached hydrogens (tertiary/aromatic N) is 1. The van der Waals surface area contributed by atoms with Crippen LogP contribution < -0.4 is 0 Å². The fourth-order valence-electron chi connectivity index (χ4n) is 2.69. The SMILES string of the molecule is O=C(O)C[C@H]1CCCN1C(=O)C[C@H](O)c1cccc(F)c1. The monoisotopic (exact) mass is 295 g/mol. The van der Waals surface area contributed by atoms with Crippen molar-refractivity contribution in [2.24, 2.45) is 0 Å². The number of amides is 1. The molecule has 1 heterocycles. The molecule has 0 unspecified atom stereocenters. The molecule has 6 heteroatoms. The van der Waals surface area contributed by atoms with Gasteiger partial charge >= 0.3 is 5.97 Å². The summed E-state index contributed by atoms with van der Waals surface area (Å²) in [4.78, 5) is 24.5. The number of hydrogen-bond acceptors (Lipinski definition) is 3. The molecule has 0 bridgehead atoms. The van der Waals surface area contributed by atoms with Gasteiger partial charge in [0.25, 0.3) is 0 Å². The Labute approximate surface area is 122 Å². The molecule has 1 amide bonds. The maximum atomic E-state index is 13.1. The Kier molecular flexibility index (Phi) is 4.90. The van der Waals surface area contributed by atoms with Gasteiger partial charge in [0.05, 0.1) is 18.9 Å². The second-order valence-corrected chi connectivity index (χ2v) is 5.26. The first-order valence-electron chi connectivity index (χ1n) is 6.92. The van der Waals surface area contributed by atoms with Gasteiger partial charge in [-0.3, -0.25) is 9.59 Å². The highest BCUT2D eigenvalue weighted by Gasteiger charge is 2.31. The number of aliphatic carboxylic acids is 1. The standard InChI is InChI=1S/C15H18FNO4/c16-11-4-1-3-10(7-11)13(18)9-14(19)17-6-2-5-12(17)8-15(20)21/h1,3-4,7,12-13,18H,2,5-6,8-9H2,(H,20,21)/t12-,13+/m1/s1. The third-order valence-electron chi connectivity index (χ3n) is 3.71. The maximum Gasteiger partial charge on any atom is 0.305 e. The summed E-state index contributed by atoms with van der Waals surface area (Å²) in [6.07, 6.45) is 0.0918.